The average molecular weight is 564 g/mol. The number of halogens is 5. The highest BCUT2D eigenvalue weighted by molar-refractivity contribution is 7.89. The fraction of sp³-hybridized carbons (Fsp3) is 0.500. The number of hydrogen-bond donors (Lipinski definition) is 2. The Hall–Kier alpha value is -2.94. The molecule has 0 unspecified atom stereocenters. The van der Waals surface area contributed by atoms with E-state index in [2.05, 4.69) is 19.9 Å². The maximum Gasteiger partial charge on any atom is 0.417 e. The fourth-order valence-corrected chi connectivity index (χ4v) is 6.19. The van der Waals surface area contributed by atoms with Gasteiger partial charge in [0.1, 0.15) is 10.4 Å². The van der Waals surface area contributed by atoms with Gasteiger partial charge in [-0.3, -0.25) is 4.40 Å². The Morgan fingerprint density at radius 1 is 1.19 bits per heavy atom. The molecule has 0 aromatic carbocycles. The van der Waals surface area contributed by atoms with Crippen LogP contribution in [0.2, 0.25) is 0 Å². The van der Waals surface area contributed by atoms with Crippen molar-refractivity contribution in [1.29, 1.82) is 5.26 Å². The number of sulfonamides is 1. The second kappa shape index (κ2) is 8.55. The summed E-state index contributed by atoms with van der Waals surface area (Å²) in [5, 5.41) is 25.9. The molecule has 0 radical (unpaired) electrons. The molecule has 4 heterocycles. The zero-order valence-electron chi connectivity index (χ0n) is 18.7. The van der Waals surface area contributed by atoms with Crippen molar-refractivity contribution in [3.63, 3.8) is 0 Å². The minimum Gasteiger partial charge on any atom is -0.380 e. The molecule has 10 nitrogen and oxygen atoms in total. The zero-order chi connectivity index (χ0) is 26.8. The van der Waals surface area contributed by atoms with Crippen molar-refractivity contribution >= 4 is 32.6 Å². The number of nitrogens with one attached hydrogen (secondary N) is 1. The van der Waals surface area contributed by atoms with Crippen molar-refractivity contribution in [2.45, 2.75) is 54.3 Å². The Morgan fingerprint density at radius 3 is 2.41 bits per heavy atom. The normalized spacial score (nSPS) is 19.4. The van der Waals surface area contributed by atoms with E-state index in [9.17, 15) is 40.7 Å². The molecule has 0 atom stereocenters. The van der Waals surface area contributed by atoms with Crippen molar-refractivity contribution in [3.8, 4) is 16.9 Å². The predicted molar refractivity (Wildman–Crippen MR) is 119 cm³/mol. The first kappa shape index (κ1) is 25.7. The Bertz CT molecular complexity index is 1500. The Labute approximate surface area is 210 Å². The molecule has 17 heteroatoms. The highest BCUT2D eigenvalue weighted by Crippen LogP contribution is 2.41. The number of nitrogens with zero attached hydrogens (tertiary/aromatic N) is 6. The lowest BCUT2D eigenvalue weighted by Crippen LogP contribution is -2.53. The number of pyridine rings is 1. The van der Waals surface area contributed by atoms with Gasteiger partial charge in [-0.25, -0.2) is 22.2 Å². The number of hydrogen-bond acceptors (Lipinski definition) is 9. The first-order valence-electron chi connectivity index (χ1n) is 10.9. The lowest BCUT2D eigenvalue weighted by molar-refractivity contribution is -0.266. The quantitative estimate of drug-likeness (QED) is 0.437. The molecule has 1 saturated carbocycles. The van der Waals surface area contributed by atoms with E-state index in [1.807, 2.05) is 6.07 Å². The summed E-state index contributed by atoms with van der Waals surface area (Å²) in [6.07, 6.45) is -5.88. The molecule has 1 saturated heterocycles. The van der Waals surface area contributed by atoms with Crippen molar-refractivity contribution in [2.75, 3.05) is 18.0 Å². The summed E-state index contributed by atoms with van der Waals surface area (Å²) in [5.41, 5.74) is -3.64. The van der Waals surface area contributed by atoms with Crippen molar-refractivity contribution in [1.82, 2.24) is 24.3 Å². The van der Waals surface area contributed by atoms with Crippen LogP contribution < -0.4 is 9.62 Å². The Balaban J connectivity index is 1.61. The summed E-state index contributed by atoms with van der Waals surface area (Å²) in [6, 6.07) is 3.17. The molecule has 2 aliphatic rings. The molecule has 3 aromatic heterocycles. The standard InChI is InChI=1S/C20H18F5N7O3S2/c21-14(22)16-28-29-17(36-16)15-27-8-13-12(31-5-3-19(33,4-6-31)20(23,24)25)7-11(9-32(13)15)37(34,35)30-18(10-26)1-2-18/h7-9,14,30,33H,1-6H2. The smallest absolute Gasteiger partial charge is 0.380 e. The van der Waals surface area contributed by atoms with E-state index in [4.69, 9.17) is 0 Å². The van der Waals surface area contributed by atoms with Crippen molar-refractivity contribution in [3.05, 3.63) is 23.5 Å². The average Bonchev–Trinajstić information content (AvgIpc) is 3.22. The largest absolute Gasteiger partial charge is 0.417 e. The maximum atomic E-state index is 13.3. The molecule has 0 bridgehead atoms. The second-order valence-electron chi connectivity index (χ2n) is 8.96. The van der Waals surface area contributed by atoms with Crippen LogP contribution in [0.3, 0.4) is 0 Å². The summed E-state index contributed by atoms with van der Waals surface area (Å²) in [7, 11) is -4.28. The van der Waals surface area contributed by atoms with Crippen LogP contribution in [0.15, 0.2) is 23.4 Å². The molecular formula is C20H18F5N7O3S2. The van der Waals surface area contributed by atoms with E-state index in [-0.39, 0.29) is 40.0 Å². The van der Waals surface area contributed by atoms with Gasteiger partial charge in [0.05, 0.1) is 23.5 Å². The van der Waals surface area contributed by atoms with E-state index >= 15 is 0 Å². The van der Waals surface area contributed by atoms with E-state index in [0.717, 1.165) is 0 Å². The Kier molecular flexibility index (Phi) is 5.94. The van der Waals surface area contributed by atoms with Crippen LogP contribution in [-0.2, 0) is 10.0 Å². The number of imidazole rings is 1. The monoisotopic (exact) mass is 563 g/mol. The molecule has 198 valence electrons. The lowest BCUT2D eigenvalue weighted by Gasteiger charge is -2.40. The lowest BCUT2D eigenvalue weighted by atomic mass is 9.90. The summed E-state index contributed by atoms with van der Waals surface area (Å²) in [4.78, 5) is 5.36. The molecule has 3 aromatic rings. The molecule has 2 N–H and O–H groups in total. The molecule has 1 aliphatic carbocycles. The van der Waals surface area contributed by atoms with Crippen LogP contribution in [0, 0.1) is 11.3 Å². The SMILES string of the molecule is N#CC1(NS(=O)(=O)c2cc(N3CCC(O)(C(F)(F)F)CC3)c3cnc(-c4nnc(C(F)F)s4)n3c2)CC1. The number of piperidine rings is 1. The number of nitriles is 1. The molecule has 2 fully saturated rings. The van der Waals surface area contributed by atoms with Crippen LogP contribution in [-0.4, -0.2) is 63.5 Å². The van der Waals surface area contributed by atoms with Crippen LogP contribution in [0.25, 0.3) is 16.3 Å². The number of anilines is 1. The van der Waals surface area contributed by atoms with E-state index in [1.165, 1.54) is 27.8 Å². The van der Waals surface area contributed by atoms with Gasteiger partial charge in [-0.05, 0) is 18.9 Å². The fourth-order valence-electron chi connectivity index (χ4n) is 4.10. The second-order valence-corrected chi connectivity index (χ2v) is 11.7. The van der Waals surface area contributed by atoms with Gasteiger partial charge in [-0.15, -0.1) is 10.2 Å². The van der Waals surface area contributed by atoms with Gasteiger partial charge in [0.25, 0.3) is 6.43 Å². The number of alkyl halides is 5. The molecule has 5 rings (SSSR count). The van der Waals surface area contributed by atoms with Gasteiger partial charge in [0, 0.05) is 32.1 Å². The topological polar surface area (TPSA) is 137 Å². The van der Waals surface area contributed by atoms with E-state index in [0.29, 0.717) is 24.2 Å². The van der Waals surface area contributed by atoms with Gasteiger partial charge in [-0.2, -0.15) is 23.2 Å². The first-order valence-corrected chi connectivity index (χ1v) is 13.2. The minimum atomic E-state index is -4.83. The molecular weight excluding hydrogens is 545 g/mol. The van der Waals surface area contributed by atoms with Gasteiger partial charge < -0.3 is 10.0 Å². The first-order chi connectivity index (χ1) is 17.3. The number of aromatic nitrogens is 4. The zero-order valence-corrected chi connectivity index (χ0v) is 20.3. The van der Waals surface area contributed by atoms with Crippen LogP contribution in [0.5, 0.6) is 0 Å². The van der Waals surface area contributed by atoms with Crippen LogP contribution in [0.1, 0.15) is 37.1 Å². The summed E-state index contributed by atoms with van der Waals surface area (Å²) >= 11 is 0.559. The maximum absolute atomic E-state index is 13.3. The summed E-state index contributed by atoms with van der Waals surface area (Å²) in [5.74, 6) is 0.00271. The van der Waals surface area contributed by atoms with Crippen molar-refractivity contribution in [2.24, 2.45) is 0 Å². The highest BCUT2D eigenvalue weighted by Gasteiger charge is 2.54. The third-order valence-electron chi connectivity index (χ3n) is 6.48. The molecule has 37 heavy (non-hydrogen) atoms. The van der Waals surface area contributed by atoms with Gasteiger partial charge in [-0.1, -0.05) is 11.3 Å². The van der Waals surface area contributed by atoms with Gasteiger partial charge in [0.2, 0.25) is 10.0 Å². The van der Waals surface area contributed by atoms with E-state index < -0.39 is 51.6 Å². The number of aliphatic hydroxyl groups is 1. The van der Waals surface area contributed by atoms with E-state index in [1.54, 1.807) is 0 Å². The summed E-state index contributed by atoms with van der Waals surface area (Å²) < 4.78 is 96.1. The minimum absolute atomic E-state index is 0.00271. The predicted octanol–water partition coefficient (Wildman–Crippen LogP) is 3.02. The highest BCUT2D eigenvalue weighted by atomic mass is 32.2. The third kappa shape index (κ3) is 4.51. The Morgan fingerprint density at radius 2 is 1.86 bits per heavy atom. The number of rotatable bonds is 6. The summed E-state index contributed by atoms with van der Waals surface area (Å²) in [6.45, 7) is -0.501. The van der Waals surface area contributed by atoms with Crippen LogP contribution in [0.4, 0.5) is 27.6 Å². The molecule has 1 aliphatic heterocycles. The molecule has 0 amide bonds. The van der Waals surface area contributed by atoms with Crippen LogP contribution >= 0.6 is 11.3 Å². The van der Waals surface area contributed by atoms with Crippen molar-refractivity contribution < 1.29 is 35.5 Å². The number of fused-ring (bicyclic) bond motifs is 1. The third-order valence-corrected chi connectivity index (χ3v) is 8.91. The van der Waals surface area contributed by atoms with Gasteiger partial charge in [0.15, 0.2) is 21.4 Å². The van der Waals surface area contributed by atoms with Gasteiger partial charge >= 0.3 is 6.18 Å². The molecule has 0 spiro atoms.